The molecule has 13 heavy (non-hydrogen) atoms. The minimum absolute atomic E-state index is 0.00806. The molecule has 1 rings (SSSR count). The third kappa shape index (κ3) is 2.93. The summed E-state index contributed by atoms with van der Waals surface area (Å²) in [4.78, 5) is 2.32. The second kappa shape index (κ2) is 4.94. The van der Waals surface area contributed by atoms with E-state index in [0.29, 0.717) is 0 Å². The fraction of sp³-hybridized carbons (Fsp3) is 1.00. The maximum Gasteiger partial charge on any atom is 0.0963 e. The summed E-state index contributed by atoms with van der Waals surface area (Å²) in [7, 11) is 0. The van der Waals surface area contributed by atoms with Gasteiger partial charge in [-0.3, -0.25) is 4.90 Å². The summed E-state index contributed by atoms with van der Waals surface area (Å²) in [6.45, 7) is 9.86. The van der Waals surface area contributed by atoms with Crippen LogP contribution in [0.1, 0.15) is 20.8 Å². The Kier molecular flexibility index (Phi) is 4.16. The lowest BCUT2D eigenvalue weighted by atomic mass is 10.0. The van der Waals surface area contributed by atoms with Crippen LogP contribution in [0.2, 0.25) is 0 Å². The molecule has 2 unspecified atom stereocenters. The first-order valence-electron chi connectivity index (χ1n) is 5.17. The molecule has 0 aromatic heterocycles. The zero-order valence-corrected chi connectivity index (χ0v) is 8.86. The molecule has 1 N–H and O–H groups in total. The number of aliphatic hydroxyl groups is 1. The number of nitrogens with zero attached hydrogens (tertiary/aromatic N) is 1. The molecule has 1 fully saturated rings. The topological polar surface area (TPSA) is 32.7 Å². The number of morpholine rings is 1. The predicted octanol–water partition coefficient (Wildman–Crippen LogP) is 0.724. The van der Waals surface area contributed by atoms with Crippen molar-refractivity contribution in [2.24, 2.45) is 5.92 Å². The van der Waals surface area contributed by atoms with Crippen molar-refractivity contribution < 1.29 is 9.84 Å². The Morgan fingerprint density at radius 2 is 2.23 bits per heavy atom. The van der Waals surface area contributed by atoms with E-state index < -0.39 is 0 Å². The lowest BCUT2D eigenvalue weighted by molar-refractivity contribution is -0.100. The molecule has 1 heterocycles. The minimum Gasteiger partial charge on any atom is -0.390 e. The molecule has 0 spiro atoms. The van der Waals surface area contributed by atoms with Crippen LogP contribution < -0.4 is 0 Å². The molecule has 0 amide bonds. The third-order valence-electron chi connectivity index (χ3n) is 2.69. The van der Waals surface area contributed by atoms with Gasteiger partial charge >= 0.3 is 0 Å². The Labute approximate surface area is 80.7 Å². The highest BCUT2D eigenvalue weighted by Crippen LogP contribution is 2.14. The molecule has 0 aliphatic carbocycles. The Hall–Kier alpha value is -0.120. The maximum absolute atomic E-state index is 9.81. The Morgan fingerprint density at radius 1 is 1.54 bits per heavy atom. The Bertz CT molecular complexity index is 150. The monoisotopic (exact) mass is 187 g/mol. The minimum atomic E-state index is -0.325. The third-order valence-corrected chi connectivity index (χ3v) is 2.69. The van der Waals surface area contributed by atoms with Crippen LogP contribution >= 0.6 is 0 Å². The highest BCUT2D eigenvalue weighted by molar-refractivity contribution is 4.78. The number of aliphatic hydroxyl groups excluding tert-OH is 1. The lowest BCUT2D eigenvalue weighted by Gasteiger charge is -2.35. The van der Waals surface area contributed by atoms with Crippen LogP contribution in [0.5, 0.6) is 0 Å². The van der Waals surface area contributed by atoms with E-state index in [4.69, 9.17) is 4.74 Å². The van der Waals surface area contributed by atoms with Gasteiger partial charge in [-0.05, 0) is 12.5 Å². The smallest absolute Gasteiger partial charge is 0.0963 e. The highest BCUT2D eigenvalue weighted by Gasteiger charge is 2.27. The van der Waals surface area contributed by atoms with Crippen molar-refractivity contribution in [2.75, 3.05) is 26.2 Å². The summed E-state index contributed by atoms with van der Waals surface area (Å²) < 4.78 is 5.54. The van der Waals surface area contributed by atoms with Crippen molar-refractivity contribution in [3.8, 4) is 0 Å². The van der Waals surface area contributed by atoms with E-state index in [1.54, 1.807) is 0 Å². The van der Waals surface area contributed by atoms with Crippen molar-refractivity contribution in [3.05, 3.63) is 0 Å². The molecule has 1 aliphatic rings. The summed E-state index contributed by atoms with van der Waals surface area (Å²) in [5, 5.41) is 9.81. The van der Waals surface area contributed by atoms with Crippen molar-refractivity contribution in [3.63, 3.8) is 0 Å². The standard InChI is InChI=1S/C10H21NO2/c1-4-11-5-6-13-9(7-11)10(12)8(2)3/h8-10,12H,4-7H2,1-3H3. The van der Waals surface area contributed by atoms with E-state index in [1.165, 1.54) is 0 Å². The fourth-order valence-electron chi connectivity index (χ4n) is 1.65. The van der Waals surface area contributed by atoms with Crippen molar-refractivity contribution in [1.29, 1.82) is 0 Å². The lowest BCUT2D eigenvalue weighted by Crippen LogP contribution is -2.48. The van der Waals surface area contributed by atoms with Crippen molar-refractivity contribution in [1.82, 2.24) is 4.90 Å². The van der Waals surface area contributed by atoms with E-state index in [2.05, 4.69) is 11.8 Å². The molecule has 2 atom stereocenters. The second-order valence-electron chi connectivity index (χ2n) is 4.04. The Morgan fingerprint density at radius 3 is 2.77 bits per heavy atom. The first kappa shape index (κ1) is 11.0. The molecule has 0 radical (unpaired) electrons. The SMILES string of the molecule is CCN1CCOC(C(O)C(C)C)C1. The molecule has 0 bridgehead atoms. The van der Waals surface area contributed by atoms with Gasteiger partial charge in [-0.2, -0.15) is 0 Å². The average Bonchev–Trinajstić information content (AvgIpc) is 2.16. The van der Waals surface area contributed by atoms with Gasteiger partial charge in [0.05, 0.1) is 18.8 Å². The predicted molar refractivity (Wildman–Crippen MR) is 52.7 cm³/mol. The van der Waals surface area contributed by atoms with Gasteiger partial charge in [-0.1, -0.05) is 20.8 Å². The van der Waals surface area contributed by atoms with Gasteiger partial charge in [0.25, 0.3) is 0 Å². The van der Waals surface area contributed by atoms with Gasteiger partial charge in [0, 0.05) is 13.1 Å². The van der Waals surface area contributed by atoms with Crippen LogP contribution in [-0.4, -0.2) is 48.5 Å². The van der Waals surface area contributed by atoms with Crippen LogP contribution in [-0.2, 0) is 4.74 Å². The summed E-state index contributed by atoms with van der Waals surface area (Å²) in [6, 6.07) is 0. The van der Waals surface area contributed by atoms with Gasteiger partial charge in [0.15, 0.2) is 0 Å². The number of hydrogen-bond acceptors (Lipinski definition) is 3. The number of ether oxygens (including phenoxy) is 1. The van der Waals surface area contributed by atoms with E-state index in [9.17, 15) is 5.11 Å². The van der Waals surface area contributed by atoms with Crippen LogP contribution in [0.3, 0.4) is 0 Å². The van der Waals surface area contributed by atoms with Crippen molar-refractivity contribution in [2.45, 2.75) is 33.0 Å². The molecule has 78 valence electrons. The molecule has 3 heteroatoms. The van der Waals surface area contributed by atoms with Crippen LogP contribution in [0.4, 0.5) is 0 Å². The number of likely N-dealkylation sites (N-methyl/N-ethyl adjacent to an activating group) is 1. The number of rotatable bonds is 3. The molecule has 0 saturated carbocycles. The first-order valence-corrected chi connectivity index (χ1v) is 5.17. The van der Waals surface area contributed by atoms with Gasteiger partial charge in [0.2, 0.25) is 0 Å². The van der Waals surface area contributed by atoms with Gasteiger partial charge in [-0.25, -0.2) is 0 Å². The molecule has 0 aromatic carbocycles. The second-order valence-corrected chi connectivity index (χ2v) is 4.04. The summed E-state index contributed by atoms with van der Waals surface area (Å²) in [5.41, 5.74) is 0. The largest absolute Gasteiger partial charge is 0.390 e. The van der Waals surface area contributed by atoms with Gasteiger partial charge in [-0.15, -0.1) is 0 Å². The molecular formula is C10H21NO2. The zero-order valence-electron chi connectivity index (χ0n) is 8.86. The van der Waals surface area contributed by atoms with E-state index in [0.717, 1.165) is 26.2 Å². The van der Waals surface area contributed by atoms with Crippen LogP contribution in [0, 0.1) is 5.92 Å². The van der Waals surface area contributed by atoms with E-state index >= 15 is 0 Å². The van der Waals surface area contributed by atoms with Gasteiger partial charge in [0.1, 0.15) is 0 Å². The van der Waals surface area contributed by atoms with Gasteiger partial charge < -0.3 is 9.84 Å². The van der Waals surface area contributed by atoms with E-state index in [-0.39, 0.29) is 18.1 Å². The fourth-order valence-corrected chi connectivity index (χ4v) is 1.65. The number of hydrogen-bond donors (Lipinski definition) is 1. The highest BCUT2D eigenvalue weighted by atomic mass is 16.5. The zero-order chi connectivity index (χ0) is 9.84. The molecule has 0 aromatic rings. The van der Waals surface area contributed by atoms with E-state index in [1.807, 2.05) is 13.8 Å². The van der Waals surface area contributed by atoms with Crippen molar-refractivity contribution >= 4 is 0 Å². The Balaban J connectivity index is 2.41. The molecule has 1 saturated heterocycles. The molecule has 1 aliphatic heterocycles. The van der Waals surface area contributed by atoms with Crippen LogP contribution in [0.25, 0.3) is 0 Å². The first-order chi connectivity index (χ1) is 6.15. The average molecular weight is 187 g/mol. The molecule has 3 nitrogen and oxygen atoms in total. The summed E-state index contributed by atoms with van der Waals surface area (Å²) in [5.74, 6) is 0.279. The quantitative estimate of drug-likeness (QED) is 0.707. The van der Waals surface area contributed by atoms with Crippen LogP contribution in [0.15, 0.2) is 0 Å². The maximum atomic E-state index is 9.81. The summed E-state index contributed by atoms with van der Waals surface area (Å²) in [6.07, 6.45) is -0.317. The summed E-state index contributed by atoms with van der Waals surface area (Å²) >= 11 is 0. The normalized spacial score (nSPS) is 27.9. The molecular weight excluding hydrogens is 166 g/mol.